The highest BCUT2D eigenvalue weighted by molar-refractivity contribution is 5.99. The summed E-state index contributed by atoms with van der Waals surface area (Å²) in [7, 11) is 0. The van der Waals surface area contributed by atoms with Crippen LogP contribution in [0.15, 0.2) is 73.2 Å². The maximum atomic E-state index is 13.6. The molecule has 196 valence electrons. The zero-order valence-electron chi connectivity index (χ0n) is 21.8. The molecule has 1 amide bonds. The van der Waals surface area contributed by atoms with Gasteiger partial charge < -0.3 is 10.1 Å². The Kier molecular flexibility index (Phi) is 7.11. The third-order valence-corrected chi connectivity index (χ3v) is 8.20. The number of benzene rings is 1. The van der Waals surface area contributed by atoms with Crippen molar-refractivity contribution in [2.24, 2.45) is 23.7 Å². The molecule has 3 aromatic rings. The van der Waals surface area contributed by atoms with Crippen molar-refractivity contribution < 1.29 is 18.7 Å². The van der Waals surface area contributed by atoms with E-state index >= 15 is 0 Å². The molecule has 0 spiro atoms. The lowest BCUT2D eigenvalue weighted by Gasteiger charge is -2.48. The Hall–Kier alpha value is -3.87. The van der Waals surface area contributed by atoms with Gasteiger partial charge in [-0.25, -0.2) is 9.18 Å². The highest BCUT2D eigenvalue weighted by Crippen LogP contribution is 2.52. The number of esters is 1. The van der Waals surface area contributed by atoms with E-state index < -0.39 is 5.54 Å². The number of pyridine rings is 2. The lowest BCUT2D eigenvalue weighted by molar-refractivity contribution is -0.146. The van der Waals surface area contributed by atoms with Crippen LogP contribution in [0.5, 0.6) is 0 Å². The van der Waals surface area contributed by atoms with E-state index in [0.717, 1.165) is 23.2 Å². The lowest BCUT2D eigenvalue weighted by Crippen LogP contribution is -2.63. The Morgan fingerprint density at radius 2 is 1.95 bits per heavy atom. The average molecular weight is 514 g/mol. The molecule has 1 aliphatic heterocycles. The molecule has 0 unspecified atom stereocenters. The fourth-order valence-corrected chi connectivity index (χ4v) is 6.50. The van der Waals surface area contributed by atoms with Crippen molar-refractivity contribution in [3.05, 3.63) is 90.3 Å². The molecule has 2 fully saturated rings. The molecule has 0 radical (unpaired) electrons. The fraction of sp³-hybridized carbons (Fsp3) is 0.355. The second-order valence-electron chi connectivity index (χ2n) is 10.5. The first-order valence-electron chi connectivity index (χ1n) is 13.2. The number of carbonyl (C=O) groups excluding carboxylic acids is 2. The predicted molar refractivity (Wildman–Crippen MR) is 143 cm³/mol. The van der Waals surface area contributed by atoms with Gasteiger partial charge in [0.15, 0.2) is 0 Å². The van der Waals surface area contributed by atoms with Crippen LogP contribution in [-0.4, -0.2) is 33.5 Å². The van der Waals surface area contributed by atoms with Gasteiger partial charge in [-0.2, -0.15) is 0 Å². The van der Waals surface area contributed by atoms with Gasteiger partial charge in [-0.05, 0) is 73.1 Å². The van der Waals surface area contributed by atoms with Crippen LogP contribution in [0, 0.1) is 29.5 Å². The highest BCUT2D eigenvalue weighted by atomic mass is 19.1. The van der Waals surface area contributed by atoms with Crippen LogP contribution in [0.25, 0.3) is 17.2 Å². The topological polar surface area (TPSA) is 81.2 Å². The number of aromatic nitrogens is 2. The van der Waals surface area contributed by atoms with E-state index in [9.17, 15) is 14.0 Å². The van der Waals surface area contributed by atoms with Crippen LogP contribution >= 0.6 is 0 Å². The van der Waals surface area contributed by atoms with Gasteiger partial charge in [0.25, 0.3) is 5.91 Å². The summed E-state index contributed by atoms with van der Waals surface area (Å²) < 4.78 is 19.4. The minimum absolute atomic E-state index is 0.00682. The number of hydrogen-bond acceptors (Lipinski definition) is 5. The third-order valence-electron chi connectivity index (χ3n) is 8.20. The van der Waals surface area contributed by atoms with E-state index in [4.69, 9.17) is 4.74 Å². The quantitative estimate of drug-likeness (QED) is 0.427. The van der Waals surface area contributed by atoms with Crippen molar-refractivity contribution in [3.63, 3.8) is 0 Å². The second kappa shape index (κ2) is 10.5. The molecule has 1 aromatic carbocycles. The molecule has 0 bridgehead atoms. The number of fused-ring (bicyclic) bond motifs is 1. The van der Waals surface area contributed by atoms with Gasteiger partial charge in [0.1, 0.15) is 17.5 Å². The zero-order valence-corrected chi connectivity index (χ0v) is 21.8. The molecule has 1 N–H and O–H groups in total. The summed E-state index contributed by atoms with van der Waals surface area (Å²) in [5.41, 5.74) is 1.73. The van der Waals surface area contributed by atoms with Gasteiger partial charge in [-0.3, -0.25) is 14.8 Å². The monoisotopic (exact) mass is 513 g/mol. The number of halogens is 1. The first-order valence-corrected chi connectivity index (χ1v) is 13.2. The van der Waals surface area contributed by atoms with Crippen molar-refractivity contribution in [1.82, 2.24) is 15.3 Å². The molecular weight excluding hydrogens is 481 g/mol. The number of rotatable bonds is 6. The first kappa shape index (κ1) is 25.8. The Bertz CT molecular complexity index is 1340. The van der Waals surface area contributed by atoms with Crippen molar-refractivity contribution in [1.29, 1.82) is 0 Å². The average Bonchev–Trinajstić information content (AvgIpc) is 3.16. The van der Waals surface area contributed by atoms with Crippen LogP contribution in [0.1, 0.15) is 49.7 Å². The summed E-state index contributed by atoms with van der Waals surface area (Å²) in [6.07, 6.45) is 10.1. The number of ether oxygens (including phenoxy) is 1. The van der Waals surface area contributed by atoms with Gasteiger partial charge in [-0.15, -0.1) is 0 Å². The Balaban J connectivity index is 1.45. The summed E-state index contributed by atoms with van der Waals surface area (Å²) in [6.45, 7) is 6.23. The van der Waals surface area contributed by atoms with Crippen LogP contribution in [-0.2, 0) is 9.53 Å². The first-order chi connectivity index (χ1) is 18.3. The van der Waals surface area contributed by atoms with Gasteiger partial charge in [0.05, 0.1) is 5.69 Å². The van der Waals surface area contributed by atoms with Gasteiger partial charge in [0, 0.05) is 35.6 Å². The van der Waals surface area contributed by atoms with E-state index in [1.807, 2.05) is 31.2 Å². The number of cyclic esters (lactones) is 1. The van der Waals surface area contributed by atoms with Crippen molar-refractivity contribution in [2.75, 3.05) is 0 Å². The smallest absolute Gasteiger partial charge is 0.332 e. The molecule has 2 aliphatic rings. The number of carbonyl (C=O) groups is 2. The van der Waals surface area contributed by atoms with E-state index in [2.05, 4.69) is 35.2 Å². The van der Waals surface area contributed by atoms with E-state index in [1.54, 1.807) is 36.8 Å². The molecule has 1 saturated heterocycles. The van der Waals surface area contributed by atoms with E-state index in [1.165, 1.54) is 12.1 Å². The molecule has 38 heavy (non-hydrogen) atoms. The maximum Gasteiger partial charge on any atom is 0.332 e. The standard InChI is InChI=1S/C31H32FN3O3/c1-4-26-19(2)17-31(35-29(36)21-12-14-33-15-13-21)28(20(3)38-30(31)37)27(26)11-10-25-9-8-23(18-34-25)22-6-5-7-24(32)16-22/h5-16,18-20,26-28H,4,17H2,1-3H3,(H,35,36)/b11-10+/t19-,20+,26+,27-,28-,31-/m0/s1. The summed E-state index contributed by atoms with van der Waals surface area (Å²) >= 11 is 0. The maximum absolute atomic E-state index is 13.6. The predicted octanol–water partition coefficient (Wildman–Crippen LogP) is 5.71. The Morgan fingerprint density at radius 3 is 2.63 bits per heavy atom. The van der Waals surface area contributed by atoms with Crippen LogP contribution in [0.3, 0.4) is 0 Å². The molecule has 3 heterocycles. The summed E-state index contributed by atoms with van der Waals surface area (Å²) in [5, 5.41) is 3.10. The van der Waals surface area contributed by atoms with Crippen LogP contribution in [0.2, 0.25) is 0 Å². The fourth-order valence-electron chi connectivity index (χ4n) is 6.50. The normalized spacial score (nSPS) is 28.6. The highest BCUT2D eigenvalue weighted by Gasteiger charge is 2.63. The van der Waals surface area contributed by atoms with Gasteiger partial charge in [0.2, 0.25) is 0 Å². The summed E-state index contributed by atoms with van der Waals surface area (Å²) in [5.74, 6) is -0.684. The molecule has 1 saturated carbocycles. The number of nitrogens with one attached hydrogen (secondary N) is 1. The molecular formula is C31H32FN3O3. The molecule has 5 rings (SSSR count). The van der Waals surface area contributed by atoms with E-state index in [0.29, 0.717) is 17.9 Å². The number of hydrogen-bond donors (Lipinski definition) is 1. The molecule has 6 nitrogen and oxygen atoms in total. The van der Waals surface area contributed by atoms with Crippen molar-refractivity contribution in [3.8, 4) is 11.1 Å². The van der Waals surface area contributed by atoms with Crippen molar-refractivity contribution in [2.45, 2.75) is 45.3 Å². The molecule has 2 aromatic heterocycles. The SMILES string of the molecule is CC[C@H]1[C@H](/C=C/c2ccc(-c3cccc(F)c3)cn2)[C@@H]2[C@@H](C)OC(=O)[C@]2(NC(=O)c2ccncc2)C[C@@H]1C. The molecule has 6 atom stereocenters. The number of nitrogens with zero attached hydrogens (tertiary/aromatic N) is 2. The zero-order chi connectivity index (χ0) is 26.9. The number of allylic oxidation sites excluding steroid dienone is 1. The van der Waals surface area contributed by atoms with Crippen LogP contribution < -0.4 is 5.32 Å². The number of amides is 1. The van der Waals surface area contributed by atoms with Gasteiger partial charge >= 0.3 is 5.97 Å². The lowest BCUT2D eigenvalue weighted by atomic mass is 9.57. The van der Waals surface area contributed by atoms with Crippen LogP contribution in [0.4, 0.5) is 4.39 Å². The minimum atomic E-state index is -1.10. The Labute approximate surface area is 222 Å². The van der Waals surface area contributed by atoms with Gasteiger partial charge in [-0.1, -0.05) is 44.5 Å². The second-order valence-corrected chi connectivity index (χ2v) is 10.5. The summed E-state index contributed by atoms with van der Waals surface area (Å²) in [4.78, 5) is 35.1. The molecule has 7 heteroatoms. The third kappa shape index (κ3) is 4.73. The Morgan fingerprint density at radius 1 is 1.16 bits per heavy atom. The largest absolute Gasteiger partial charge is 0.460 e. The summed E-state index contributed by atoms with van der Waals surface area (Å²) in [6, 6.07) is 13.5. The molecule has 1 aliphatic carbocycles. The minimum Gasteiger partial charge on any atom is -0.460 e. The van der Waals surface area contributed by atoms with Crippen molar-refractivity contribution >= 4 is 18.0 Å². The van der Waals surface area contributed by atoms with E-state index in [-0.39, 0.29) is 41.6 Å².